The number of benzene rings is 1. The molecule has 19 heavy (non-hydrogen) atoms. The van der Waals surface area contributed by atoms with Crippen molar-refractivity contribution >= 4 is 0 Å². The maximum Gasteiger partial charge on any atom is 0.122 e. The maximum atomic E-state index is 5.59. The molecule has 1 fully saturated rings. The normalized spacial score (nSPS) is 32.3. The molecule has 2 aliphatic carbocycles. The van der Waals surface area contributed by atoms with Crippen LogP contribution in [-0.2, 0) is 11.8 Å². The second-order valence-corrected chi connectivity index (χ2v) is 7.34. The minimum atomic E-state index is 0.351. The van der Waals surface area contributed by atoms with Gasteiger partial charge in [-0.05, 0) is 59.6 Å². The fourth-order valence-corrected chi connectivity index (χ4v) is 4.99. The number of rotatable bonds is 1. The van der Waals surface area contributed by atoms with Crippen LogP contribution in [0.1, 0.15) is 57.6 Å². The SMILES string of the molecule is COc1cccc2c1CC[C@@H]1C(C)(C)CCC[C@]21C. The van der Waals surface area contributed by atoms with E-state index in [4.69, 9.17) is 4.74 Å². The zero-order valence-corrected chi connectivity index (χ0v) is 12.8. The third kappa shape index (κ3) is 1.81. The van der Waals surface area contributed by atoms with E-state index in [0.29, 0.717) is 10.8 Å². The molecule has 1 nitrogen and oxygen atoms in total. The van der Waals surface area contributed by atoms with Crippen LogP contribution in [0.15, 0.2) is 18.2 Å². The number of hydrogen-bond acceptors (Lipinski definition) is 1. The molecule has 0 heterocycles. The molecule has 0 spiro atoms. The summed E-state index contributed by atoms with van der Waals surface area (Å²) in [5, 5.41) is 0. The first-order valence-electron chi connectivity index (χ1n) is 7.65. The fraction of sp³-hybridized carbons (Fsp3) is 0.667. The van der Waals surface area contributed by atoms with Crippen molar-refractivity contribution in [2.75, 3.05) is 7.11 Å². The summed E-state index contributed by atoms with van der Waals surface area (Å²) >= 11 is 0. The topological polar surface area (TPSA) is 9.23 Å². The van der Waals surface area contributed by atoms with Crippen LogP contribution in [0, 0.1) is 11.3 Å². The number of hydrogen-bond donors (Lipinski definition) is 0. The zero-order chi connectivity index (χ0) is 13.7. The lowest BCUT2D eigenvalue weighted by atomic mass is 9.50. The predicted octanol–water partition coefficient (Wildman–Crippen LogP) is 4.73. The van der Waals surface area contributed by atoms with E-state index in [0.717, 1.165) is 11.7 Å². The number of fused-ring (bicyclic) bond motifs is 3. The van der Waals surface area contributed by atoms with Gasteiger partial charge < -0.3 is 4.74 Å². The molecule has 0 unspecified atom stereocenters. The Morgan fingerprint density at radius 1 is 1.16 bits per heavy atom. The van der Waals surface area contributed by atoms with Crippen LogP contribution >= 0.6 is 0 Å². The van der Waals surface area contributed by atoms with Crippen LogP contribution < -0.4 is 4.74 Å². The van der Waals surface area contributed by atoms with Crippen molar-refractivity contribution < 1.29 is 4.74 Å². The zero-order valence-electron chi connectivity index (χ0n) is 12.8. The highest BCUT2D eigenvalue weighted by Gasteiger charge is 2.49. The summed E-state index contributed by atoms with van der Waals surface area (Å²) in [6.07, 6.45) is 6.57. The van der Waals surface area contributed by atoms with E-state index in [1.807, 2.05) is 0 Å². The van der Waals surface area contributed by atoms with Gasteiger partial charge in [0.15, 0.2) is 0 Å². The van der Waals surface area contributed by atoms with Crippen molar-refractivity contribution in [1.82, 2.24) is 0 Å². The minimum absolute atomic E-state index is 0.351. The number of methoxy groups -OCH3 is 1. The van der Waals surface area contributed by atoms with Crippen LogP contribution in [0.5, 0.6) is 5.75 Å². The Balaban J connectivity index is 2.13. The second-order valence-electron chi connectivity index (χ2n) is 7.34. The lowest BCUT2D eigenvalue weighted by molar-refractivity contribution is 0.0402. The van der Waals surface area contributed by atoms with Crippen LogP contribution in [0.4, 0.5) is 0 Å². The Hall–Kier alpha value is -0.980. The molecule has 2 aliphatic rings. The van der Waals surface area contributed by atoms with E-state index in [-0.39, 0.29) is 0 Å². The molecule has 0 aromatic heterocycles. The Morgan fingerprint density at radius 3 is 2.68 bits per heavy atom. The third-order valence-corrected chi connectivity index (χ3v) is 5.88. The summed E-state index contributed by atoms with van der Waals surface area (Å²) in [6.45, 7) is 7.44. The molecule has 0 N–H and O–H groups in total. The summed E-state index contributed by atoms with van der Waals surface area (Å²) in [6, 6.07) is 6.65. The smallest absolute Gasteiger partial charge is 0.122 e. The Kier molecular flexibility index (Phi) is 2.92. The van der Waals surface area contributed by atoms with Gasteiger partial charge in [-0.25, -0.2) is 0 Å². The van der Waals surface area contributed by atoms with Crippen molar-refractivity contribution in [3.8, 4) is 5.75 Å². The second kappa shape index (κ2) is 4.26. The largest absolute Gasteiger partial charge is 0.496 e. The number of ether oxygens (including phenoxy) is 1. The first-order valence-corrected chi connectivity index (χ1v) is 7.65. The minimum Gasteiger partial charge on any atom is -0.496 e. The lowest BCUT2D eigenvalue weighted by Crippen LogP contribution is -2.47. The molecule has 0 saturated heterocycles. The molecule has 1 aromatic carbocycles. The van der Waals surface area contributed by atoms with Gasteiger partial charge in [-0.1, -0.05) is 39.3 Å². The monoisotopic (exact) mass is 258 g/mol. The van der Waals surface area contributed by atoms with E-state index >= 15 is 0 Å². The van der Waals surface area contributed by atoms with E-state index in [2.05, 4.69) is 39.0 Å². The highest BCUT2D eigenvalue weighted by atomic mass is 16.5. The summed E-state index contributed by atoms with van der Waals surface area (Å²) in [5.74, 6) is 1.91. The molecule has 104 valence electrons. The molecule has 2 atom stereocenters. The first-order chi connectivity index (χ1) is 8.99. The van der Waals surface area contributed by atoms with Crippen molar-refractivity contribution in [2.45, 2.75) is 58.3 Å². The fourth-order valence-electron chi connectivity index (χ4n) is 4.99. The van der Waals surface area contributed by atoms with Gasteiger partial charge in [-0.3, -0.25) is 0 Å². The van der Waals surface area contributed by atoms with Crippen molar-refractivity contribution in [3.63, 3.8) is 0 Å². The molecule has 1 aromatic rings. The first kappa shape index (κ1) is 13.0. The highest BCUT2D eigenvalue weighted by Crippen LogP contribution is 2.57. The summed E-state index contributed by atoms with van der Waals surface area (Å²) in [4.78, 5) is 0. The van der Waals surface area contributed by atoms with Crippen molar-refractivity contribution in [3.05, 3.63) is 29.3 Å². The average Bonchev–Trinajstić information content (AvgIpc) is 2.37. The molecular formula is C18H26O. The third-order valence-electron chi connectivity index (χ3n) is 5.88. The van der Waals surface area contributed by atoms with E-state index in [9.17, 15) is 0 Å². The van der Waals surface area contributed by atoms with Crippen LogP contribution in [0.25, 0.3) is 0 Å². The molecule has 3 rings (SSSR count). The molecule has 0 amide bonds. The Bertz CT molecular complexity index is 488. The molecule has 0 bridgehead atoms. The van der Waals surface area contributed by atoms with Gasteiger partial charge in [-0.15, -0.1) is 0 Å². The maximum absolute atomic E-state index is 5.59. The quantitative estimate of drug-likeness (QED) is 0.708. The van der Waals surface area contributed by atoms with Crippen molar-refractivity contribution in [2.24, 2.45) is 11.3 Å². The van der Waals surface area contributed by atoms with E-state index in [1.54, 1.807) is 12.7 Å². The summed E-state index contributed by atoms with van der Waals surface area (Å²) in [7, 11) is 1.80. The van der Waals surface area contributed by atoms with Crippen LogP contribution in [-0.4, -0.2) is 7.11 Å². The Morgan fingerprint density at radius 2 is 1.95 bits per heavy atom. The highest BCUT2D eigenvalue weighted by molar-refractivity contribution is 5.47. The van der Waals surface area contributed by atoms with Gasteiger partial charge in [0.1, 0.15) is 5.75 Å². The van der Waals surface area contributed by atoms with Gasteiger partial charge in [0.2, 0.25) is 0 Å². The van der Waals surface area contributed by atoms with Crippen LogP contribution in [0.3, 0.4) is 0 Å². The van der Waals surface area contributed by atoms with Gasteiger partial charge >= 0.3 is 0 Å². The van der Waals surface area contributed by atoms with Gasteiger partial charge in [0, 0.05) is 0 Å². The standard InChI is InChI=1S/C18H26O/c1-17(2)11-6-12-18(3)14-7-5-8-15(19-4)13(14)9-10-16(17)18/h5,7-8,16H,6,9-12H2,1-4H3/t16-,18-/m1/s1. The van der Waals surface area contributed by atoms with Crippen molar-refractivity contribution in [1.29, 1.82) is 0 Å². The van der Waals surface area contributed by atoms with Crippen LogP contribution in [0.2, 0.25) is 0 Å². The van der Waals surface area contributed by atoms with Gasteiger partial charge in [0.05, 0.1) is 7.11 Å². The average molecular weight is 258 g/mol. The summed E-state index contributed by atoms with van der Waals surface area (Å²) in [5.41, 5.74) is 3.87. The molecule has 0 aliphatic heterocycles. The Labute approximate surface area is 117 Å². The van der Waals surface area contributed by atoms with Gasteiger partial charge in [-0.2, -0.15) is 0 Å². The summed E-state index contributed by atoms with van der Waals surface area (Å²) < 4.78 is 5.59. The molecule has 1 heteroatoms. The predicted molar refractivity (Wildman–Crippen MR) is 79.8 cm³/mol. The van der Waals surface area contributed by atoms with E-state index < -0.39 is 0 Å². The molecular weight excluding hydrogens is 232 g/mol. The van der Waals surface area contributed by atoms with E-state index in [1.165, 1.54) is 37.7 Å². The lowest BCUT2D eigenvalue weighted by Gasteiger charge is -2.54. The molecule has 1 saturated carbocycles. The molecule has 0 radical (unpaired) electrons. The van der Waals surface area contributed by atoms with Gasteiger partial charge in [0.25, 0.3) is 0 Å².